The van der Waals surface area contributed by atoms with Gasteiger partial charge in [0, 0.05) is 35.8 Å². The van der Waals surface area contributed by atoms with Crippen molar-refractivity contribution in [2.45, 2.75) is 70.4 Å². The summed E-state index contributed by atoms with van der Waals surface area (Å²) < 4.78 is 0. The first-order valence-electron chi connectivity index (χ1n) is 14.7. The molecule has 2 aliphatic rings. The Kier molecular flexibility index (Phi) is 10.2. The van der Waals surface area contributed by atoms with Crippen LogP contribution in [0.3, 0.4) is 0 Å². The van der Waals surface area contributed by atoms with Crippen LogP contribution in [-0.2, 0) is 31.3 Å². The van der Waals surface area contributed by atoms with E-state index < -0.39 is 41.4 Å². The molecule has 0 aliphatic carbocycles. The summed E-state index contributed by atoms with van der Waals surface area (Å²) >= 11 is 0. The van der Waals surface area contributed by atoms with E-state index in [1.807, 2.05) is 0 Å². The Bertz CT molecular complexity index is 1420. The monoisotopic (exact) mass is 608 g/mol. The van der Waals surface area contributed by atoms with Crippen LogP contribution in [0.25, 0.3) is 0 Å². The van der Waals surface area contributed by atoms with Crippen LogP contribution in [0.15, 0.2) is 54.6 Å². The normalized spacial score (nSPS) is 21.7. The van der Waals surface area contributed by atoms with Crippen LogP contribution in [0.5, 0.6) is 0 Å². The van der Waals surface area contributed by atoms with Gasteiger partial charge in [-0.3, -0.25) is 19.2 Å². The first kappa shape index (κ1) is 32.8. The molecule has 12 nitrogen and oxygen atoms in total. The Morgan fingerprint density at radius 3 is 2.23 bits per heavy atom. The van der Waals surface area contributed by atoms with Crippen LogP contribution in [0.2, 0.25) is 0 Å². The summed E-state index contributed by atoms with van der Waals surface area (Å²) in [6, 6.07) is 11.2. The lowest BCUT2D eigenvalue weighted by atomic mass is 9.82. The second-order valence-corrected chi connectivity index (χ2v) is 11.4. The Morgan fingerprint density at radius 2 is 1.61 bits per heavy atom. The minimum Gasteiger partial charge on any atom is -0.394 e. The highest BCUT2D eigenvalue weighted by atomic mass is 16.3. The van der Waals surface area contributed by atoms with E-state index in [-0.39, 0.29) is 42.8 Å². The van der Waals surface area contributed by atoms with E-state index in [1.54, 1.807) is 60.4 Å². The van der Waals surface area contributed by atoms with Gasteiger partial charge in [-0.05, 0) is 62.6 Å². The van der Waals surface area contributed by atoms with Crippen molar-refractivity contribution in [2.75, 3.05) is 28.7 Å². The molecule has 0 radical (unpaired) electrons. The summed E-state index contributed by atoms with van der Waals surface area (Å²) in [6.45, 7) is 4.91. The van der Waals surface area contributed by atoms with E-state index in [1.165, 1.54) is 24.8 Å². The van der Waals surface area contributed by atoms with Crippen LogP contribution >= 0.6 is 0 Å². The molecule has 1 saturated heterocycles. The maximum Gasteiger partial charge on any atom is 0.264 e. The number of rotatable bonds is 11. The topological polar surface area (TPSA) is 180 Å². The fraction of sp³-hybridized carbons (Fsp3) is 0.438. The molecule has 0 aromatic heterocycles. The van der Waals surface area contributed by atoms with Gasteiger partial charge >= 0.3 is 0 Å². The molecule has 236 valence electrons. The summed E-state index contributed by atoms with van der Waals surface area (Å²) in [5.41, 5.74) is 0.111. The van der Waals surface area contributed by atoms with Crippen molar-refractivity contribution < 1.29 is 39.6 Å². The Hall–Kier alpha value is -4.10. The second-order valence-electron chi connectivity index (χ2n) is 11.4. The van der Waals surface area contributed by atoms with Gasteiger partial charge in [-0.1, -0.05) is 31.2 Å². The molecule has 2 aromatic carbocycles. The molecule has 5 atom stereocenters. The number of anilines is 3. The van der Waals surface area contributed by atoms with Gasteiger partial charge in [0.25, 0.3) is 17.7 Å². The zero-order valence-electron chi connectivity index (χ0n) is 25.1. The van der Waals surface area contributed by atoms with Crippen molar-refractivity contribution in [2.24, 2.45) is 5.92 Å². The minimum atomic E-state index is -2.03. The van der Waals surface area contributed by atoms with Gasteiger partial charge < -0.3 is 40.9 Å². The molecule has 0 unspecified atom stereocenters. The third-order valence-electron chi connectivity index (χ3n) is 8.14. The van der Waals surface area contributed by atoms with Crippen molar-refractivity contribution in [1.29, 1.82) is 0 Å². The molecule has 4 amide bonds. The third kappa shape index (κ3) is 6.83. The molecule has 1 fully saturated rings. The Morgan fingerprint density at radius 1 is 1.00 bits per heavy atom. The number of hydrogen-bond donors (Lipinski definition) is 6. The quantitative estimate of drug-likeness (QED) is 0.208. The molecule has 0 bridgehead atoms. The van der Waals surface area contributed by atoms with Gasteiger partial charge in [-0.25, -0.2) is 0 Å². The van der Waals surface area contributed by atoms with Gasteiger partial charge in [0.15, 0.2) is 5.60 Å². The molecule has 12 heteroatoms. The molecule has 2 aromatic rings. The van der Waals surface area contributed by atoms with Gasteiger partial charge in [0.2, 0.25) is 5.91 Å². The summed E-state index contributed by atoms with van der Waals surface area (Å²) in [5.74, 6) is -2.72. The fourth-order valence-corrected chi connectivity index (χ4v) is 5.53. The van der Waals surface area contributed by atoms with Crippen molar-refractivity contribution in [3.05, 3.63) is 65.7 Å². The number of amides is 4. The average molecular weight is 609 g/mol. The molecule has 0 saturated carbocycles. The molecule has 44 heavy (non-hydrogen) atoms. The molecular weight excluding hydrogens is 568 g/mol. The van der Waals surface area contributed by atoms with Crippen LogP contribution in [-0.4, -0.2) is 80.4 Å². The highest BCUT2D eigenvalue weighted by Gasteiger charge is 2.52. The number of carbonyl (C=O) groups excluding carboxylic acids is 4. The van der Waals surface area contributed by atoms with Gasteiger partial charge in [0.05, 0.1) is 24.9 Å². The van der Waals surface area contributed by atoms with E-state index in [9.17, 15) is 39.6 Å². The number of fused-ring (bicyclic) bond motifs is 1. The number of aliphatic hydroxyl groups is 4. The van der Waals surface area contributed by atoms with E-state index in [0.717, 1.165) is 12.8 Å². The summed E-state index contributed by atoms with van der Waals surface area (Å²) in [7, 11) is 0. The highest BCUT2D eigenvalue weighted by Crippen LogP contribution is 2.47. The van der Waals surface area contributed by atoms with Gasteiger partial charge in [-0.15, -0.1) is 0 Å². The van der Waals surface area contributed by atoms with Crippen LogP contribution in [0, 0.1) is 5.92 Å². The second kappa shape index (κ2) is 13.7. The van der Waals surface area contributed by atoms with Gasteiger partial charge in [0.1, 0.15) is 12.2 Å². The lowest BCUT2D eigenvalue weighted by Gasteiger charge is -2.28. The van der Waals surface area contributed by atoms with E-state index >= 15 is 0 Å². The molecule has 2 aliphatic heterocycles. The molecule has 2 heterocycles. The first-order valence-corrected chi connectivity index (χ1v) is 14.7. The van der Waals surface area contributed by atoms with Crippen LogP contribution in [0.4, 0.5) is 17.1 Å². The maximum absolute atomic E-state index is 14.0. The number of carbonyl (C=O) groups is 4. The maximum atomic E-state index is 14.0. The fourth-order valence-electron chi connectivity index (χ4n) is 5.53. The van der Waals surface area contributed by atoms with Crippen LogP contribution < -0.4 is 15.5 Å². The summed E-state index contributed by atoms with van der Waals surface area (Å²) in [4.78, 5) is 53.8. The predicted molar refractivity (Wildman–Crippen MR) is 163 cm³/mol. The van der Waals surface area contributed by atoms with Crippen molar-refractivity contribution in [3.8, 4) is 0 Å². The summed E-state index contributed by atoms with van der Waals surface area (Å²) in [6.07, 6.45) is 2.41. The molecular formula is C32H40N4O8. The molecule has 6 N–H and O–H groups in total. The highest BCUT2D eigenvalue weighted by molar-refractivity contribution is 6.08. The first-order chi connectivity index (χ1) is 20.9. The van der Waals surface area contributed by atoms with Crippen molar-refractivity contribution in [3.63, 3.8) is 0 Å². The number of nitrogens with zero attached hydrogens (tertiary/aromatic N) is 2. The molecule has 4 rings (SSSR count). The molecule has 0 spiro atoms. The number of benzene rings is 2. The zero-order valence-corrected chi connectivity index (χ0v) is 25.1. The SMILES string of the molecule is C[C@H](O)C(=O)Nc1ccc(CN2C(=O)[C@](O)([C@H](C)/C=C/CC(=O)N3CCC[C@H]3CO)c3cc(NC(=O)[C@H](C)O)ccc32)cc1. The van der Waals surface area contributed by atoms with Crippen molar-refractivity contribution >= 4 is 40.7 Å². The Balaban J connectivity index is 1.60. The third-order valence-corrected chi connectivity index (χ3v) is 8.14. The smallest absolute Gasteiger partial charge is 0.264 e. The number of likely N-dealkylation sites (tertiary alicyclic amines) is 1. The minimum absolute atomic E-state index is 0.0457. The average Bonchev–Trinajstić information content (AvgIpc) is 3.56. The number of nitrogens with one attached hydrogen (secondary N) is 2. The van der Waals surface area contributed by atoms with Crippen molar-refractivity contribution in [1.82, 2.24) is 4.90 Å². The van der Waals surface area contributed by atoms with Gasteiger partial charge in [-0.2, -0.15) is 0 Å². The number of aliphatic hydroxyl groups excluding tert-OH is 3. The number of hydrogen-bond acceptors (Lipinski definition) is 8. The Labute approximate surface area is 256 Å². The predicted octanol–water partition coefficient (Wildman–Crippen LogP) is 1.63. The van der Waals surface area contributed by atoms with E-state index in [2.05, 4.69) is 10.6 Å². The standard InChI is InChI=1S/C32H40N4O8/c1-19(6-4-8-28(40)35-15-5-7-25(35)18-37)32(44)26-16-24(34-30(42)21(3)39)13-14-27(26)36(31(32)43)17-22-9-11-23(12-10-22)33-29(41)20(2)38/h4,6,9-14,16,19-21,25,37-39,44H,5,7-8,15,17-18H2,1-3H3,(H,33,41)(H,34,42)/b6-4+/t19-,20+,21+,25+,32+/m1/s1. The van der Waals surface area contributed by atoms with E-state index in [4.69, 9.17) is 0 Å². The van der Waals surface area contributed by atoms with E-state index in [0.29, 0.717) is 23.5 Å². The largest absolute Gasteiger partial charge is 0.394 e. The summed E-state index contributed by atoms with van der Waals surface area (Å²) in [5, 5.41) is 45.9. The lowest BCUT2D eigenvalue weighted by molar-refractivity contribution is -0.139. The zero-order chi connectivity index (χ0) is 32.2. The van der Waals surface area contributed by atoms with Crippen LogP contribution in [0.1, 0.15) is 51.2 Å². The lowest BCUT2D eigenvalue weighted by Crippen LogP contribution is -2.44.